The van der Waals surface area contributed by atoms with Crippen molar-refractivity contribution in [2.24, 2.45) is 0 Å². The van der Waals surface area contributed by atoms with Gasteiger partial charge in [0.1, 0.15) is 40.1 Å². The molecule has 0 aromatic carbocycles. The Bertz CT molecular complexity index is 795. The maximum absolute atomic E-state index is 6.33. The van der Waals surface area contributed by atoms with E-state index in [1.54, 1.807) is 0 Å². The lowest BCUT2D eigenvalue weighted by molar-refractivity contribution is -0.155. The topological polar surface area (TPSA) is 36.9 Å². The molecule has 1 heterocycles. The highest BCUT2D eigenvalue weighted by Gasteiger charge is 2.54. The number of rotatable bonds is 4. The van der Waals surface area contributed by atoms with E-state index in [9.17, 15) is 0 Å². The summed E-state index contributed by atoms with van der Waals surface area (Å²) in [5.41, 5.74) is 2.73. The van der Waals surface area contributed by atoms with Crippen LogP contribution in [0.25, 0.3) is 0 Å². The van der Waals surface area contributed by atoms with Gasteiger partial charge in [-0.25, -0.2) is 0 Å². The van der Waals surface area contributed by atoms with Crippen LogP contribution in [0.3, 0.4) is 0 Å². The van der Waals surface area contributed by atoms with Crippen LogP contribution in [0, 0.1) is 35.1 Å². The van der Waals surface area contributed by atoms with Gasteiger partial charge in [-0.1, -0.05) is 71.2 Å². The molecule has 2 atom stereocenters. The smallest absolute Gasteiger partial charge is 0.166 e. The number of hydrogen-bond acceptors (Lipinski definition) is 4. The fourth-order valence-corrected chi connectivity index (χ4v) is 4.61. The minimum atomic E-state index is -1.32. The van der Waals surface area contributed by atoms with E-state index in [2.05, 4.69) is 76.8 Å². The zero-order valence-electron chi connectivity index (χ0n) is 18.8. The Morgan fingerprint density at radius 3 is 2.33 bits per heavy atom. The normalized spacial score (nSPS) is 25.1. The Morgan fingerprint density at radius 1 is 1.03 bits per heavy atom. The first-order chi connectivity index (χ1) is 14.1. The Balaban J connectivity index is 1.76. The second-order valence-corrected chi connectivity index (χ2v) is 14.5. The first-order valence-electron chi connectivity index (χ1n) is 10.5. The molecular formula is C24H33BrO4Si. The molecule has 2 aliphatic rings. The molecule has 1 spiro atoms. The summed E-state index contributed by atoms with van der Waals surface area (Å²) in [4.78, 5) is 0. The Labute approximate surface area is 191 Å². The molecule has 0 radical (unpaired) electrons. The minimum Gasteiger partial charge on any atom is -0.356 e. The van der Waals surface area contributed by atoms with Crippen LogP contribution >= 0.6 is 15.9 Å². The molecule has 0 saturated carbocycles. The van der Waals surface area contributed by atoms with Crippen molar-refractivity contribution in [3.63, 3.8) is 0 Å². The van der Waals surface area contributed by atoms with Crippen LogP contribution in [0.5, 0.6) is 0 Å². The van der Waals surface area contributed by atoms with Gasteiger partial charge >= 0.3 is 0 Å². The molecular weight excluding hydrogens is 460 g/mol. The zero-order valence-corrected chi connectivity index (χ0v) is 21.4. The largest absolute Gasteiger partial charge is 0.356 e. The monoisotopic (exact) mass is 492 g/mol. The molecule has 4 nitrogen and oxygen atoms in total. The molecule has 0 bridgehead atoms. The molecule has 30 heavy (non-hydrogen) atoms. The van der Waals surface area contributed by atoms with E-state index < -0.39 is 19.5 Å². The van der Waals surface area contributed by atoms with E-state index in [-0.39, 0.29) is 6.10 Å². The van der Waals surface area contributed by atoms with Crippen molar-refractivity contribution in [2.75, 3.05) is 26.4 Å². The van der Waals surface area contributed by atoms with Crippen molar-refractivity contribution in [3.8, 4) is 35.1 Å². The van der Waals surface area contributed by atoms with Crippen LogP contribution in [0.2, 0.25) is 19.6 Å². The molecule has 2 rings (SSSR count). The molecule has 1 aliphatic heterocycles. The standard InChI is InChI=1S/C24H33BrO4Si/c1-23(2)28-22(24(29-23)15-8-6-7-13-21(24)25)14-11-18-26-16-9-10-17-27-19-12-20-30(3,4)5/h13,22H,6-8,15-19H2,1-5H3/t22-,24-/m0/s1. The van der Waals surface area contributed by atoms with Gasteiger partial charge < -0.3 is 18.9 Å². The van der Waals surface area contributed by atoms with Crippen LogP contribution in [0.4, 0.5) is 0 Å². The lowest BCUT2D eigenvalue weighted by Crippen LogP contribution is -2.39. The van der Waals surface area contributed by atoms with Crippen molar-refractivity contribution in [1.29, 1.82) is 0 Å². The van der Waals surface area contributed by atoms with E-state index in [1.165, 1.54) is 0 Å². The Hall–Kier alpha value is -1.04. The molecule has 1 saturated heterocycles. The van der Waals surface area contributed by atoms with Gasteiger partial charge in [0.05, 0.1) is 0 Å². The van der Waals surface area contributed by atoms with Gasteiger partial charge in [-0.2, -0.15) is 0 Å². The molecule has 0 aromatic heterocycles. The van der Waals surface area contributed by atoms with Crippen molar-refractivity contribution in [1.82, 2.24) is 0 Å². The van der Waals surface area contributed by atoms with Gasteiger partial charge in [-0.3, -0.25) is 0 Å². The maximum Gasteiger partial charge on any atom is 0.166 e. The van der Waals surface area contributed by atoms with Gasteiger partial charge in [-0.15, -0.1) is 5.54 Å². The second-order valence-electron chi connectivity index (χ2n) is 8.90. The maximum atomic E-state index is 6.33. The minimum absolute atomic E-state index is 0.301. The van der Waals surface area contributed by atoms with Crippen molar-refractivity contribution in [3.05, 3.63) is 10.6 Å². The second kappa shape index (κ2) is 11.5. The van der Waals surface area contributed by atoms with Gasteiger partial charge in [-0.05, 0) is 39.5 Å². The average Bonchev–Trinajstić information content (AvgIpc) is 2.78. The lowest BCUT2D eigenvalue weighted by atomic mass is 9.91. The summed E-state index contributed by atoms with van der Waals surface area (Å²) < 4.78 is 24.3. The highest BCUT2D eigenvalue weighted by atomic mass is 79.9. The van der Waals surface area contributed by atoms with Gasteiger partial charge in [0.15, 0.2) is 11.9 Å². The molecule has 0 aromatic rings. The van der Waals surface area contributed by atoms with Gasteiger partial charge in [0, 0.05) is 4.48 Å². The number of halogens is 1. The number of ether oxygens (including phenoxy) is 4. The number of allylic oxidation sites excluding steroid dienone is 1. The van der Waals surface area contributed by atoms with Crippen molar-refractivity contribution < 1.29 is 18.9 Å². The summed E-state index contributed by atoms with van der Waals surface area (Å²) in [5, 5.41) is 0. The number of hydrogen-bond donors (Lipinski definition) is 0. The van der Waals surface area contributed by atoms with E-state index in [1.807, 2.05) is 13.8 Å². The third-order valence-corrected chi connectivity index (χ3v) is 6.42. The molecule has 0 N–H and O–H groups in total. The predicted molar refractivity (Wildman–Crippen MR) is 127 cm³/mol. The van der Waals surface area contributed by atoms with Crippen molar-refractivity contribution >= 4 is 24.0 Å². The predicted octanol–water partition coefficient (Wildman–Crippen LogP) is 4.65. The fourth-order valence-electron chi connectivity index (χ4n) is 3.29. The highest BCUT2D eigenvalue weighted by Crippen LogP contribution is 2.47. The average molecular weight is 494 g/mol. The van der Waals surface area contributed by atoms with E-state index >= 15 is 0 Å². The van der Waals surface area contributed by atoms with E-state index in [0.29, 0.717) is 26.4 Å². The highest BCUT2D eigenvalue weighted by molar-refractivity contribution is 9.11. The van der Waals surface area contributed by atoms with E-state index in [4.69, 9.17) is 18.9 Å². The molecule has 0 unspecified atom stereocenters. The Kier molecular flexibility index (Phi) is 9.70. The van der Waals surface area contributed by atoms with Crippen LogP contribution in [-0.4, -0.2) is 52.0 Å². The summed E-state index contributed by atoms with van der Waals surface area (Å²) in [6, 6.07) is 0. The van der Waals surface area contributed by atoms with Crippen LogP contribution in [0.1, 0.15) is 39.5 Å². The summed E-state index contributed by atoms with van der Waals surface area (Å²) in [6.07, 6.45) is 6.04. The molecule has 1 aliphatic carbocycles. The third-order valence-electron chi connectivity index (χ3n) is 4.50. The summed E-state index contributed by atoms with van der Waals surface area (Å²) in [5.74, 6) is 14.5. The SMILES string of the molecule is CC1(C)O[C@@H](C#CCOCC#CCOCC#C[Si](C)(C)C)[C@@]2(CCCCC=C2Br)O1. The van der Waals surface area contributed by atoms with Crippen LogP contribution in [-0.2, 0) is 18.9 Å². The summed E-state index contributed by atoms with van der Waals surface area (Å²) in [6.45, 7) is 11.9. The summed E-state index contributed by atoms with van der Waals surface area (Å²) in [7, 11) is -1.32. The molecule has 6 heteroatoms. The first kappa shape index (κ1) is 25.2. The lowest BCUT2D eigenvalue weighted by Gasteiger charge is -2.30. The van der Waals surface area contributed by atoms with Crippen LogP contribution in [0.15, 0.2) is 10.6 Å². The van der Waals surface area contributed by atoms with Gasteiger partial charge in [0.2, 0.25) is 0 Å². The zero-order chi connectivity index (χ0) is 22.1. The molecule has 1 fully saturated rings. The molecule has 164 valence electrons. The first-order valence-corrected chi connectivity index (χ1v) is 14.8. The van der Waals surface area contributed by atoms with Crippen LogP contribution < -0.4 is 0 Å². The molecule has 0 amide bonds. The summed E-state index contributed by atoms with van der Waals surface area (Å²) >= 11 is 3.72. The fraction of sp³-hybridized carbons (Fsp3) is 0.667. The third kappa shape index (κ3) is 8.24. The van der Waals surface area contributed by atoms with Crippen molar-refractivity contribution in [2.45, 2.75) is 76.7 Å². The quantitative estimate of drug-likeness (QED) is 0.325. The van der Waals surface area contributed by atoms with Gasteiger partial charge in [0.25, 0.3) is 0 Å². The van der Waals surface area contributed by atoms with E-state index in [0.717, 1.165) is 30.2 Å². The Morgan fingerprint density at radius 2 is 1.67 bits per heavy atom.